The smallest absolute Gasteiger partial charge is 0.328 e. The number of rotatable bonds is 6. The molecule has 0 fully saturated rings. The number of carbonyl (C=O) groups excluding carboxylic acids is 1. The first-order chi connectivity index (χ1) is 9.85. The van der Waals surface area contributed by atoms with Gasteiger partial charge in [-0.15, -0.1) is 0 Å². The van der Waals surface area contributed by atoms with Crippen molar-refractivity contribution in [3.63, 3.8) is 0 Å². The summed E-state index contributed by atoms with van der Waals surface area (Å²) in [5.41, 5.74) is 2.02. The molecule has 0 spiro atoms. The fraction of sp³-hybridized carbons (Fsp3) is 0.375. The molecule has 1 rings (SSSR count). The van der Waals surface area contributed by atoms with Crippen LogP contribution in [0.25, 0.3) is 6.08 Å². The Morgan fingerprint density at radius 1 is 1.29 bits per heavy atom. The molecule has 0 atom stereocenters. The van der Waals surface area contributed by atoms with Gasteiger partial charge in [-0.25, -0.2) is 4.79 Å². The Labute approximate surface area is 124 Å². The second-order valence-corrected chi connectivity index (χ2v) is 5.12. The van der Waals surface area contributed by atoms with E-state index < -0.39 is 5.97 Å². The van der Waals surface area contributed by atoms with Gasteiger partial charge in [0.2, 0.25) is 0 Å². The van der Waals surface area contributed by atoms with E-state index in [-0.39, 0.29) is 25.1 Å². The van der Waals surface area contributed by atoms with Crippen LogP contribution >= 0.6 is 0 Å². The highest BCUT2D eigenvalue weighted by Crippen LogP contribution is 2.15. The fourth-order valence-electron chi connectivity index (χ4n) is 2.07. The summed E-state index contributed by atoms with van der Waals surface area (Å²) in [5, 5.41) is 17.7. The Hall–Kier alpha value is -2.14. The van der Waals surface area contributed by atoms with Crippen molar-refractivity contribution in [2.24, 2.45) is 0 Å². The van der Waals surface area contributed by atoms with Crippen molar-refractivity contribution in [1.29, 1.82) is 0 Å². The summed E-state index contributed by atoms with van der Waals surface area (Å²) in [6.45, 7) is 5.79. The number of aliphatic carboxylic acids is 1. The molecule has 0 aliphatic rings. The van der Waals surface area contributed by atoms with Crippen LogP contribution in [-0.4, -0.2) is 46.2 Å². The van der Waals surface area contributed by atoms with Crippen molar-refractivity contribution >= 4 is 18.0 Å². The minimum absolute atomic E-state index is 0.0248. The van der Waals surface area contributed by atoms with Crippen LogP contribution in [-0.2, 0) is 4.79 Å². The number of aliphatic hydroxyl groups is 1. The molecule has 0 aliphatic heterocycles. The van der Waals surface area contributed by atoms with E-state index in [1.54, 1.807) is 17.0 Å². The van der Waals surface area contributed by atoms with Crippen LogP contribution in [0.1, 0.15) is 35.3 Å². The topological polar surface area (TPSA) is 77.8 Å². The van der Waals surface area contributed by atoms with Crippen LogP contribution in [0, 0.1) is 6.92 Å². The molecule has 0 aliphatic carbocycles. The van der Waals surface area contributed by atoms with Crippen molar-refractivity contribution in [3.05, 3.63) is 41.0 Å². The van der Waals surface area contributed by atoms with E-state index in [4.69, 9.17) is 10.2 Å². The predicted molar refractivity (Wildman–Crippen MR) is 81.1 cm³/mol. The summed E-state index contributed by atoms with van der Waals surface area (Å²) in [7, 11) is 0. The first-order valence-electron chi connectivity index (χ1n) is 6.79. The maximum Gasteiger partial charge on any atom is 0.328 e. The standard InChI is InChI=1S/C16H21NO4/c1-11(2)17(6-7-18)16(21)14-9-12(3)8-13(10-14)4-5-15(19)20/h4-5,8-11,18H,6-7H2,1-3H3,(H,19,20)/b5-4+. The second kappa shape index (κ2) is 7.59. The number of benzene rings is 1. The summed E-state index contributed by atoms with van der Waals surface area (Å²) < 4.78 is 0. The lowest BCUT2D eigenvalue weighted by molar-refractivity contribution is -0.131. The molecule has 1 aromatic carbocycles. The van der Waals surface area contributed by atoms with E-state index in [1.807, 2.05) is 26.8 Å². The number of aryl methyl sites for hydroxylation is 1. The molecule has 0 heterocycles. The van der Waals surface area contributed by atoms with Gasteiger partial charge in [0.1, 0.15) is 0 Å². The summed E-state index contributed by atoms with van der Waals surface area (Å²) in [5.74, 6) is -1.21. The van der Waals surface area contributed by atoms with E-state index in [9.17, 15) is 9.59 Å². The van der Waals surface area contributed by atoms with E-state index in [0.717, 1.165) is 11.6 Å². The summed E-state index contributed by atoms with van der Waals surface area (Å²) in [6.07, 6.45) is 2.49. The molecule has 0 aromatic heterocycles. The van der Waals surface area contributed by atoms with Crippen molar-refractivity contribution < 1.29 is 19.8 Å². The maximum absolute atomic E-state index is 12.5. The van der Waals surface area contributed by atoms with Gasteiger partial charge >= 0.3 is 5.97 Å². The number of hydrogen-bond acceptors (Lipinski definition) is 3. The zero-order valence-corrected chi connectivity index (χ0v) is 12.5. The highest BCUT2D eigenvalue weighted by atomic mass is 16.4. The fourth-order valence-corrected chi connectivity index (χ4v) is 2.07. The van der Waals surface area contributed by atoms with Crippen molar-refractivity contribution in [2.75, 3.05) is 13.2 Å². The van der Waals surface area contributed by atoms with Crippen LogP contribution in [0.4, 0.5) is 0 Å². The largest absolute Gasteiger partial charge is 0.478 e. The molecule has 1 amide bonds. The highest BCUT2D eigenvalue weighted by molar-refractivity contribution is 5.95. The average Bonchev–Trinajstić information content (AvgIpc) is 2.41. The van der Waals surface area contributed by atoms with Crippen LogP contribution in [0.2, 0.25) is 0 Å². The Balaban J connectivity index is 3.11. The van der Waals surface area contributed by atoms with Crippen LogP contribution in [0.5, 0.6) is 0 Å². The second-order valence-electron chi connectivity index (χ2n) is 5.12. The van der Waals surface area contributed by atoms with Gasteiger partial charge in [0.25, 0.3) is 5.91 Å². The monoisotopic (exact) mass is 291 g/mol. The van der Waals surface area contributed by atoms with Gasteiger partial charge in [-0.3, -0.25) is 4.79 Å². The van der Waals surface area contributed by atoms with Gasteiger partial charge in [0.05, 0.1) is 6.61 Å². The van der Waals surface area contributed by atoms with E-state index in [0.29, 0.717) is 11.1 Å². The number of aliphatic hydroxyl groups excluding tert-OH is 1. The molecule has 114 valence electrons. The molecule has 0 unspecified atom stereocenters. The Bertz CT molecular complexity index is 549. The lowest BCUT2D eigenvalue weighted by Crippen LogP contribution is -2.39. The maximum atomic E-state index is 12.5. The molecule has 21 heavy (non-hydrogen) atoms. The molecular weight excluding hydrogens is 270 g/mol. The van der Waals surface area contributed by atoms with Gasteiger partial charge in [-0.1, -0.05) is 6.07 Å². The van der Waals surface area contributed by atoms with E-state index in [1.165, 1.54) is 6.08 Å². The first kappa shape index (κ1) is 16.9. The Morgan fingerprint density at radius 2 is 1.95 bits per heavy atom. The SMILES string of the molecule is Cc1cc(/C=C/C(=O)O)cc(C(=O)N(CCO)C(C)C)c1. The Morgan fingerprint density at radius 3 is 2.48 bits per heavy atom. The molecule has 0 saturated heterocycles. The molecule has 2 N–H and O–H groups in total. The number of hydrogen-bond donors (Lipinski definition) is 2. The van der Waals surface area contributed by atoms with Crippen molar-refractivity contribution in [1.82, 2.24) is 4.90 Å². The molecule has 0 radical (unpaired) electrons. The highest BCUT2D eigenvalue weighted by Gasteiger charge is 2.18. The summed E-state index contributed by atoms with van der Waals surface area (Å²) >= 11 is 0. The zero-order chi connectivity index (χ0) is 16.0. The van der Waals surface area contributed by atoms with Crippen LogP contribution in [0.3, 0.4) is 0 Å². The average molecular weight is 291 g/mol. The third-order valence-electron chi connectivity index (χ3n) is 2.99. The minimum atomic E-state index is -1.03. The van der Waals surface area contributed by atoms with Crippen LogP contribution in [0.15, 0.2) is 24.3 Å². The van der Waals surface area contributed by atoms with Gasteiger partial charge in [0.15, 0.2) is 0 Å². The number of nitrogens with zero attached hydrogens (tertiary/aromatic N) is 1. The van der Waals surface area contributed by atoms with Crippen molar-refractivity contribution in [3.8, 4) is 0 Å². The summed E-state index contributed by atoms with van der Waals surface area (Å²) in [6, 6.07) is 5.19. The first-order valence-corrected chi connectivity index (χ1v) is 6.79. The molecule has 0 saturated carbocycles. The third kappa shape index (κ3) is 5.04. The number of amides is 1. The zero-order valence-electron chi connectivity index (χ0n) is 12.5. The Kier molecular flexibility index (Phi) is 6.11. The molecular formula is C16H21NO4. The quantitative estimate of drug-likeness (QED) is 0.785. The van der Waals surface area contributed by atoms with E-state index in [2.05, 4.69) is 0 Å². The van der Waals surface area contributed by atoms with Crippen LogP contribution < -0.4 is 0 Å². The summed E-state index contributed by atoms with van der Waals surface area (Å²) in [4.78, 5) is 24.6. The molecule has 0 bridgehead atoms. The van der Waals surface area contributed by atoms with Gasteiger partial charge < -0.3 is 15.1 Å². The number of carbonyl (C=O) groups is 2. The lowest BCUT2D eigenvalue weighted by atomic mass is 10.0. The molecule has 5 nitrogen and oxygen atoms in total. The number of carboxylic acids is 1. The van der Waals surface area contributed by atoms with Gasteiger partial charge in [-0.2, -0.15) is 0 Å². The minimum Gasteiger partial charge on any atom is -0.478 e. The van der Waals surface area contributed by atoms with Gasteiger partial charge in [-0.05, 0) is 50.1 Å². The van der Waals surface area contributed by atoms with E-state index >= 15 is 0 Å². The predicted octanol–water partition coefficient (Wildman–Crippen LogP) is 1.94. The lowest BCUT2D eigenvalue weighted by Gasteiger charge is -2.26. The normalized spacial score (nSPS) is 11.1. The third-order valence-corrected chi connectivity index (χ3v) is 2.99. The molecule has 1 aromatic rings. The van der Waals surface area contributed by atoms with Crippen molar-refractivity contribution in [2.45, 2.75) is 26.8 Å². The number of carboxylic acid groups (broad SMARTS) is 1. The van der Waals surface area contributed by atoms with Gasteiger partial charge in [0, 0.05) is 24.2 Å². The molecule has 5 heteroatoms.